The molecule has 0 aliphatic heterocycles. The van der Waals surface area contributed by atoms with Crippen LogP contribution in [0.15, 0.2) is 24.3 Å². The van der Waals surface area contributed by atoms with Gasteiger partial charge < -0.3 is 24.7 Å². The minimum Gasteiger partial charge on any atom is -0.494 e. The lowest BCUT2D eigenvalue weighted by atomic mass is 10.0. The van der Waals surface area contributed by atoms with Crippen molar-refractivity contribution < 1.29 is 23.3 Å². The normalized spacial score (nSPS) is 10.4. The van der Waals surface area contributed by atoms with Crippen LogP contribution in [0.3, 0.4) is 0 Å². The first-order valence-corrected chi connectivity index (χ1v) is 7.45. The van der Waals surface area contributed by atoms with E-state index in [4.69, 9.17) is 24.7 Å². The number of nitrogens with two attached hydrogens (primary N) is 1. The van der Waals surface area contributed by atoms with Gasteiger partial charge in [0.05, 0.1) is 28.4 Å². The average Bonchev–Trinajstić information content (AvgIpc) is 2.61. The van der Waals surface area contributed by atoms with Gasteiger partial charge in [-0.2, -0.15) is 0 Å². The fourth-order valence-electron chi connectivity index (χ4n) is 2.55. The summed E-state index contributed by atoms with van der Waals surface area (Å²) in [6, 6.07) is 7.06. The van der Waals surface area contributed by atoms with Crippen LogP contribution in [0.1, 0.15) is 11.1 Å². The van der Waals surface area contributed by atoms with E-state index in [0.717, 1.165) is 5.56 Å². The van der Waals surface area contributed by atoms with Crippen molar-refractivity contribution in [3.05, 3.63) is 41.2 Å². The van der Waals surface area contributed by atoms with Gasteiger partial charge in [-0.25, -0.2) is 4.39 Å². The summed E-state index contributed by atoms with van der Waals surface area (Å²) in [5.74, 6) is 1.57. The van der Waals surface area contributed by atoms with Crippen LogP contribution in [0.2, 0.25) is 0 Å². The highest BCUT2D eigenvalue weighted by molar-refractivity contribution is 5.56. The first-order chi connectivity index (χ1) is 11.5. The third kappa shape index (κ3) is 3.48. The molecular weight excluding hydrogens is 313 g/mol. The maximum atomic E-state index is 14.3. The Morgan fingerprint density at radius 1 is 0.833 bits per heavy atom. The molecule has 0 radical (unpaired) electrons. The second-order valence-corrected chi connectivity index (χ2v) is 5.19. The quantitative estimate of drug-likeness (QED) is 0.787. The highest BCUT2D eigenvalue weighted by Crippen LogP contribution is 2.38. The molecule has 0 amide bonds. The van der Waals surface area contributed by atoms with Crippen molar-refractivity contribution in [1.82, 2.24) is 0 Å². The molecule has 2 aromatic rings. The highest BCUT2D eigenvalue weighted by Gasteiger charge is 2.15. The molecule has 24 heavy (non-hydrogen) atoms. The number of methoxy groups -OCH3 is 4. The summed E-state index contributed by atoms with van der Waals surface area (Å²) in [7, 11) is 6.13. The van der Waals surface area contributed by atoms with Gasteiger partial charge in [-0.3, -0.25) is 0 Å². The Morgan fingerprint density at radius 2 is 1.42 bits per heavy atom. The Kier molecular flexibility index (Phi) is 5.73. The van der Waals surface area contributed by atoms with E-state index in [1.54, 1.807) is 33.5 Å². The van der Waals surface area contributed by atoms with Crippen LogP contribution in [0, 0.1) is 5.82 Å². The summed E-state index contributed by atoms with van der Waals surface area (Å²) in [5, 5.41) is 0. The highest BCUT2D eigenvalue weighted by atomic mass is 19.1. The predicted molar refractivity (Wildman–Crippen MR) is 90.9 cm³/mol. The topological polar surface area (TPSA) is 62.9 Å². The molecule has 5 nitrogen and oxygen atoms in total. The van der Waals surface area contributed by atoms with E-state index in [2.05, 4.69) is 0 Å². The van der Waals surface area contributed by atoms with Crippen LogP contribution in [-0.2, 0) is 12.8 Å². The summed E-state index contributed by atoms with van der Waals surface area (Å²) >= 11 is 0. The van der Waals surface area contributed by atoms with Crippen molar-refractivity contribution in [1.29, 1.82) is 0 Å². The van der Waals surface area contributed by atoms with Crippen LogP contribution in [0.25, 0.3) is 0 Å². The molecule has 0 unspecified atom stereocenters. The molecule has 2 aromatic carbocycles. The number of rotatable bonds is 7. The Morgan fingerprint density at radius 3 is 1.92 bits per heavy atom. The maximum absolute atomic E-state index is 14.3. The van der Waals surface area contributed by atoms with Gasteiger partial charge in [0.2, 0.25) is 5.75 Å². The second-order valence-electron chi connectivity index (χ2n) is 5.19. The lowest BCUT2D eigenvalue weighted by Crippen LogP contribution is -2.02. The maximum Gasteiger partial charge on any atom is 0.203 e. The summed E-state index contributed by atoms with van der Waals surface area (Å²) in [5.41, 5.74) is 7.24. The summed E-state index contributed by atoms with van der Waals surface area (Å²) in [6.07, 6.45) is 1.08. The molecule has 0 heterocycles. The van der Waals surface area contributed by atoms with Crippen molar-refractivity contribution >= 4 is 5.69 Å². The average molecular weight is 335 g/mol. The molecule has 2 N–H and O–H groups in total. The minimum absolute atomic E-state index is 0.0277. The number of benzene rings is 2. The second kappa shape index (κ2) is 7.77. The minimum atomic E-state index is -0.443. The molecule has 6 heteroatoms. The molecule has 0 atom stereocenters. The number of anilines is 1. The molecule has 0 aromatic heterocycles. The molecular formula is C18H22FNO4. The molecule has 2 rings (SSSR count). The lowest BCUT2D eigenvalue weighted by Gasteiger charge is -2.14. The van der Waals surface area contributed by atoms with Gasteiger partial charge in [0, 0.05) is 0 Å². The summed E-state index contributed by atoms with van der Waals surface area (Å²) in [4.78, 5) is 0. The molecule has 0 bridgehead atoms. The number of hydrogen-bond acceptors (Lipinski definition) is 5. The van der Waals surface area contributed by atoms with E-state index in [1.807, 2.05) is 12.1 Å². The zero-order valence-corrected chi connectivity index (χ0v) is 14.3. The van der Waals surface area contributed by atoms with Crippen molar-refractivity contribution in [3.8, 4) is 23.0 Å². The van der Waals surface area contributed by atoms with E-state index >= 15 is 0 Å². The summed E-state index contributed by atoms with van der Waals surface area (Å²) in [6.45, 7) is 0. The van der Waals surface area contributed by atoms with Crippen LogP contribution >= 0.6 is 0 Å². The standard InChI is InChI=1S/C18H22FNO4/c1-21-13-8-7-12(16(19)17(13)20)6-5-11-9-14(22-2)18(24-4)15(10-11)23-3/h7-10H,5-6,20H2,1-4H3. The van der Waals surface area contributed by atoms with E-state index in [1.165, 1.54) is 7.11 Å². The van der Waals surface area contributed by atoms with Crippen LogP contribution in [0.4, 0.5) is 10.1 Å². The van der Waals surface area contributed by atoms with Crippen LogP contribution in [0.5, 0.6) is 23.0 Å². The van der Waals surface area contributed by atoms with E-state index in [9.17, 15) is 4.39 Å². The van der Waals surface area contributed by atoms with E-state index in [0.29, 0.717) is 41.4 Å². The third-order valence-corrected chi connectivity index (χ3v) is 3.85. The monoisotopic (exact) mass is 335 g/mol. The molecule has 130 valence electrons. The smallest absolute Gasteiger partial charge is 0.203 e. The van der Waals surface area contributed by atoms with Gasteiger partial charge in [0.25, 0.3) is 0 Å². The number of hydrogen-bond donors (Lipinski definition) is 1. The fourth-order valence-corrected chi connectivity index (χ4v) is 2.55. The Labute approximate surface area is 141 Å². The Hall–Kier alpha value is -2.63. The van der Waals surface area contributed by atoms with Crippen molar-refractivity contribution in [2.75, 3.05) is 34.2 Å². The first-order valence-electron chi connectivity index (χ1n) is 7.45. The number of nitrogen functional groups attached to an aromatic ring is 1. The van der Waals surface area contributed by atoms with Gasteiger partial charge in [0.15, 0.2) is 17.3 Å². The van der Waals surface area contributed by atoms with Gasteiger partial charge in [-0.05, 0) is 42.2 Å². The van der Waals surface area contributed by atoms with E-state index in [-0.39, 0.29) is 5.69 Å². The number of ether oxygens (including phenoxy) is 4. The molecule has 0 spiro atoms. The van der Waals surface area contributed by atoms with Crippen molar-refractivity contribution in [2.24, 2.45) is 0 Å². The van der Waals surface area contributed by atoms with Gasteiger partial charge >= 0.3 is 0 Å². The molecule has 0 saturated heterocycles. The third-order valence-electron chi connectivity index (χ3n) is 3.85. The van der Waals surface area contributed by atoms with Crippen molar-refractivity contribution in [3.63, 3.8) is 0 Å². The summed E-state index contributed by atoms with van der Waals surface area (Å²) < 4.78 is 35.3. The van der Waals surface area contributed by atoms with Gasteiger partial charge in [0.1, 0.15) is 11.4 Å². The van der Waals surface area contributed by atoms with E-state index < -0.39 is 5.82 Å². The van der Waals surface area contributed by atoms with Gasteiger partial charge in [-0.15, -0.1) is 0 Å². The molecule has 0 fully saturated rings. The SMILES string of the molecule is COc1ccc(CCc2cc(OC)c(OC)c(OC)c2)c(F)c1N. The molecule has 0 aliphatic carbocycles. The molecule has 0 aliphatic rings. The van der Waals surface area contributed by atoms with Gasteiger partial charge in [-0.1, -0.05) is 6.07 Å². The molecule has 0 saturated carbocycles. The number of aryl methyl sites for hydroxylation is 2. The lowest BCUT2D eigenvalue weighted by molar-refractivity contribution is 0.324. The fraction of sp³-hybridized carbons (Fsp3) is 0.333. The zero-order valence-electron chi connectivity index (χ0n) is 14.3. The number of halogens is 1. The zero-order chi connectivity index (χ0) is 17.7. The van der Waals surface area contributed by atoms with Crippen LogP contribution < -0.4 is 24.7 Å². The van der Waals surface area contributed by atoms with Crippen LogP contribution in [-0.4, -0.2) is 28.4 Å². The van der Waals surface area contributed by atoms with Crippen molar-refractivity contribution in [2.45, 2.75) is 12.8 Å². The Bertz CT molecular complexity index is 693. The Balaban J connectivity index is 2.25. The predicted octanol–water partition coefficient (Wildman–Crippen LogP) is 3.23. The largest absolute Gasteiger partial charge is 0.494 e. The first kappa shape index (κ1) is 17.7.